The number of methoxy groups -OCH3 is 2. The normalized spacial score (nSPS) is 10.5. The zero-order valence-corrected chi connectivity index (χ0v) is 17.5. The van der Waals surface area contributed by atoms with E-state index in [1.165, 1.54) is 7.11 Å². The highest BCUT2D eigenvalue weighted by atomic mass is 16.5. The summed E-state index contributed by atoms with van der Waals surface area (Å²) in [7, 11) is 3.06. The lowest BCUT2D eigenvalue weighted by Gasteiger charge is -2.14. The molecular formula is C22H30N2O5. The van der Waals surface area contributed by atoms with Crippen molar-refractivity contribution in [3.8, 4) is 23.0 Å². The van der Waals surface area contributed by atoms with Crippen molar-refractivity contribution in [3.63, 3.8) is 0 Å². The summed E-state index contributed by atoms with van der Waals surface area (Å²) in [5.41, 5.74) is 1.14. The fourth-order valence-corrected chi connectivity index (χ4v) is 2.77. The lowest BCUT2D eigenvalue weighted by atomic mass is 10.1. The highest BCUT2D eigenvalue weighted by Gasteiger charge is 2.11. The first-order valence-electron chi connectivity index (χ1n) is 9.65. The van der Waals surface area contributed by atoms with Crippen molar-refractivity contribution in [1.82, 2.24) is 5.32 Å². The Morgan fingerprint density at radius 1 is 1.07 bits per heavy atom. The number of para-hydroxylation sites is 1. The minimum Gasteiger partial charge on any atom is -0.504 e. The Balaban J connectivity index is 1.94. The molecule has 0 aromatic heterocycles. The molecule has 0 saturated carbocycles. The quantitative estimate of drug-likeness (QED) is 0.508. The molecule has 0 fully saturated rings. The van der Waals surface area contributed by atoms with Gasteiger partial charge in [-0.3, -0.25) is 0 Å². The van der Waals surface area contributed by atoms with E-state index in [2.05, 4.69) is 24.5 Å². The molecule has 0 radical (unpaired) electrons. The van der Waals surface area contributed by atoms with E-state index in [-0.39, 0.29) is 12.3 Å². The van der Waals surface area contributed by atoms with E-state index in [0.29, 0.717) is 41.0 Å². The summed E-state index contributed by atoms with van der Waals surface area (Å²) in [6.07, 6.45) is 2.03. The zero-order valence-electron chi connectivity index (χ0n) is 17.5. The van der Waals surface area contributed by atoms with E-state index in [9.17, 15) is 9.90 Å². The minimum absolute atomic E-state index is 0.0110. The Labute approximate surface area is 172 Å². The van der Waals surface area contributed by atoms with Crippen LogP contribution in [0.4, 0.5) is 10.5 Å². The van der Waals surface area contributed by atoms with Crippen LogP contribution in [0.5, 0.6) is 23.0 Å². The van der Waals surface area contributed by atoms with Crippen LogP contribution >= 0.6 is 0 Å². The van der Waals surface area contributed by atoms with Gasteiger partial charge < -0.3 is 30.0 Å². The molecule has 0 atom stereocenters. The number of hydrogen-bond acceptors (Lipinski definition) is 5. The Bertz CT molecular complexity index is 808. The van der Waals surface area contributed by atoms with E-state index in [4.69, 9.17) is 14.2 Å². The van der Waals surface area contributed by atoms with Crippen LogP contribution < -0.4 is 24.8 Å². The summed E-state index contributed by atoms with van der Waals surface area (Å²) in [4.78, 5) is 12.2. The fraction of sp³-hybridized carbons (Fsp3) is 0.409. The predicted octanol–water partition coefficient (Wildman–Crippen LogP) is 4.55. The second kappa shape index (κ2) is 11.0. The molecule has 3 N–H and O–H groups in total. The molecule has 0 spiro atoms. The van der Waals surface area contributed by atoms with Crippen molar-refractivity contribution in [2.45, 2.75) is 33.2 Å². The summed E-state index contributed by atoms with van der Waals surface area (Å²) >= 11 is 0. The number of amides is 2. The van der Waals surface area contributed by atoms with Crippen molar-refractivity contribution >= 4 is 11.7 Å². The summed E-state index contributed by atoms with van der Waals surface area (Å²) in [6, 6.07) is 9.94. The van der Waals surface area contributed by atoms with Crippen molar-refractivity contribution < 1.29 is 24.1 Å². The predicted molar refractivity (Wildman–Crippen MR) is 113 cm³/mol. The maximum absolute atomic E-state index is 12.2. The van der Waals surface area contributed by atoms with Gasteiger partial charge in [0.15, 0.2) is 23.0 Å². The molecule has 158 valence electrons. The lowest BCUT2D eigenvalue weighted by Crippen LogP contribution is -2.28. The molecule has 0 bridgehead atoms. The summed E-state index contributed by atoms with van der Waals surface area (Å²) < 4.78 is 16.2. The van der Waals surface area contributed by atoms with Gasteiger partial charge in [0.2, 0.25) is 0 Å². The van der Waals surface area contributed by atoms with Crippen LogP contribution in [0, 0.1) is 5.92 Å². The second-order valence-electron chi connectivity index (χ2n) is 7.03. The maximum Gasteiger partial charge on any atom is 0.319 e. The number of urea groups is 1. The number of hydrogen-bond donors (Lipinski definition) is 3. The highest BCUT2D eigenvalue weighted by molar-refractivity contribution is 5.89. The van der Waals surface area contributed by atoms with Crippen LogP contribution in [-0.2, 0) is 6.54 Å². The molecule has 29 heavy (non-hydrogen) atoms. The van der Waals surface area contributed by atoms with Crippen molar-refractivity contribution in [2.24, 2.45) is 5.92 Å². The maximum atomic E-state index is 12.2. The van der Waals surface area contributed by atoms with Gasteiger partial charge in [-0.2, -0.15) is 0 Å². The third kappa shape index (κ3) is 6.78. The summed E-state index contributed by atoms with van der Waals surface area (Å²) in [5, 5.41) is 15.6. The van der Waals surface area contributed by atoms with E-state index < -0.39 is 6.03 Å². The number of rotatable bonds is 10. The van der Waals surface area contributed by atoms with Crippen molar-refractivity contribution in [2.75, 3.05) is 26.1 Å². The second-order valence-corrected chi connectivity index (χ2v) is 7.03. The molecule has 0 aliphatic carbocycles. The van der Waals surface area contributed by atoms with Gasteiger partial charge >= 0.3 is 6.03 Å². The Kier molecular flexibility index (Phi) is 8.45. The Hall–Kier alpha value is -3.09. The standard InChI is InChI=1S/C22H30N2O5/c1-15(2)7-6-12-29-20-13-17(10-11-18(20)27-3)24-22(26)23-14-16-8-5-9-19(28-4)21(16)25/h5,8-11,13,15,25H,6-7,12,14H2,1-4H3,(H2,23,24,26). The molecule has 0 unspecified atom stereocenters. The van der Waals surface area contributed by atoms with Gasteiger partial charge in [-0.05, 0) is 37.0 Å². The largest absolute Gasteiger partial charge is 0.504 e. The molecule has 0 aliphatic rings. The molecule has 0 aliphatic heterocycles. The van der Waals surface area contributed by atoms with E-state index >= 15 is 0 Å². The van der Waals surface area contributed by atoms with E-state index in [1.807, 2.05) is 0 Å². The number of ether oxygens (including phenoxy) is 3. The van der Waals surface area contributed by atoms with Gasteiger partial charge in [0.1, 0.15) is 0 Å². The number of carbonyl (C=O) groups excluding carboxylic acids is 1. The first-order chi connectivity index (χ1) is 13.9. The molecule has 0 saturated heterocycles. The van der Waals surface area contributed by atoms with Gasteiger partial charge in [-0.1, -0.05) is 26.0 Å². The number of carbonyl (C=O) groups is 1. The highest BCUT2D eigenvalue weighted by Crippen LogP contribution is 2.31. The van der Waals surface area contributed by atoms with Crippen molar-refractivity contribution in [1.29, 1.82) is 0 Å². The number of anilines is 1. The van der Waals surface area contributed by atoms with Gasteiger partial charge in [-0.25, -0.2) is 4.79 Å². The van der Waals surface area contributed by atoms with Crippen LogP contribution in [0.3, 0.4) is 0 Å². The van der Waals surface area contributed by atoms with Crippen LogP contribution in [0.15, 0.2) is 36.4 Å². The number of benzene rings is 2. The smallest absolute Gasteiger partial charge is 0.319 e. The summed E-state index contributed by atoms with van der Waals surface area (Å²) in [6.45, 7) is 5.09. The van der Waals surface area contributed by atoms with Crippen molar-refractivity contribution in [3.05, 3.63) is 42.0 Å². The topological polar surface area (TPSA) is 89.1 Å². The monoisotopic (exact) mass is 402 g/mol. The molecule has 0 heterocycles. The molecule has 7 nitrogen and oxygen atoms in total. The summed E-state index contributed by atoms with van der Waals surface area (Å²) in [5.74, 6) is 2.19. The molecule has 7 heteroatoms. The molecule has 2 aromatic rings. The third-order valence-corrected chi connectivity index (χ3v) is 4.35. The number of phenols is 1. The molecule has 2 rings (SSSR count). The van der Waals surface area contributed by atoms with Gasteiger partial charge in [-0.15, -0.1) is 0 Å². The number of phenolic OH excluding ortho intramolecular Hbond substituents is 1. The third-order valence-electron chi connectivity index (χ3n) is 4.35. The SMILES string of the molecule is COc1ccc(NC(=O)NCc2cccc(OC)c2O)cc1OCCCC(C)C. The fourth-order valence-electron chi connectivity index (χ4n) is 2.77. The Morgan fingerprint density at radius 3 is 2.52 bits per heavy atom. The van der Waals surface area contributed by atoms with Gasteiger partial charge in [0.25, 0.3) is 0 Å². The van der Waals surface area contributed by atoms with Gasteiger partial charge in [0, 0.05) is 23.9 Å². The first-order valence-corrected chi connectivity index (χ1v) is 9.65. The molecule has 2 amide bonds. The number of aromatic hydroxyl groups is 1. The van der Waals surface area contributed by atoms with Crippen LogP contribution in [0.25, 0.3) is 0 Å². The number of nitrogens with one attached hydrogen (secondary N) is 2. The molecule has 2 aromatic carbocycles. The Morgan fingerprint density at radius 2 is 1.83 bits per heavy atom. The zero-order chi connectivity index (χ0) is 21.2. The van der Waals surface area contributed by atoms with Gasteiger partial charge in [0.05, 0.1) is 20.8 Å². The minimum atomic E-state index is -0.400. The van der Waals surface area contributed by atoms with Crippen LogP contribution in [-0.4, -0.2) is 32.0 Å². The average Bonchev–Trinajstić information content (AvgIpc) is 2.70. The van der Waals surface area contributed by atoms with Crippen LogP contribution in [0.1, 0.15) is 32.3 Å². The van der Waals surface area contributed by atoms with Crippen LogP contribution in [0.2, 0.25) is 0 Å². The van der Waals surface area contributed by atoms with E-state index in [1.54, 1.807) is 43.5 Å². The molecular weight excluding hydrogens is 372 g/mol. The average molecular weight is 402 g/mol. The first kappa shape index (κ1) is 22.2. The van der Waals surface area contributed by atoms with E-state index in [0.717, 1.165) is 12.8 Å². The lowest BCUT2D eigenvalue weighted by molar-refractivity contribution is 0.251.